The van der Waals surface area contributed by atoms with Crippen LogP contribution >= 0.6 is 0 Å². The summed E-state index contributed by atoms with van der Waals surface area (Å²) in [5.74, 6) is 0.829. The standard InChI is InChI=1S/C16H29N5O/c1-13-8-21(9-14(2)22-13)10-15-4-6-20(7-5-15)12-16-11-19(3)18-17-16/h11,13-15H,4-10,12H2,1-3H3/t13-,14+. The zero-order valence-corrected chi connectivity index (χ0v) is 14.1. The molecule has 0 saturated carbocycles. The summed E-state index contributed by atoms with van der Waals surface area (Å²) in [6.45, 7) is 11.1. The molecule has 124 valence electrons. The van der Waals surface area contributed by atoms with Crippen LogP contribution in [-0.2, 0) is 18.3 Å². The van der Waals surface area contributed by atoms with Gasteiger partial charge >= 0.3 is 0 Å². The van der Waals surface area contributed by atoms with Gasteiger partial charge in [0.2, 0.25) is 0 Å². The molecule has 2 fully saturated rings. The van der Waals surface area contributed by atoms with Crippen molar-refractivity contribution in [1.29, 1.82) is 0 Å². The molecule has 2 aliphatic heterocycles. The fourth-order valence-corrected chi connectivity index (χ4v) is 3.82. The second-order valence-electron chi connectivity index (χ2n) is 7.08. The molecular formula is C16H29N5O. The molecule has 0 unspecified atom stereocenters. The molecule has 0 N–H and O–H groups in total. The molecule has 0 aromatic carbocycles. The highest BCUT2D eigenvalue weighted by Gasteiger charge is 2.26. The number of aryl methyl sites for hydroxylation is 1. The summed E-state index contributed by atoms with van der Waals surface area (Å²) in [5, 5.41) is 8.20. The van der Waals surface area contributed by atoms with Crippen LogP contribution in [0.4, 0.5) is 0 Å². The van der Waals surface area contributed by atoms with E-state index in [9.17, 15) is 0 Å². The number of piperidine rings is 1. The van der Waals surface area contributed by atoms with Crippen LogP contribution in [0.3, 0.4) is 0 Å². The fraction of sp³-hybridized carbons (Fsp3) is 0.875. The van der Waals surface area contributed by atoms with E-state index in [4.69, 9.17) is 4.74 Å². The number of rotatable bonds is 4. The summed E-state index contributed by atoms with van der Waals surface area (Å²) in [7, 11) is 1.92. The van der Waals surface area contributed by atoms with Gasteiger partial charge in [0.25, 0.3) is 0 Å². The van der Waals surface area contributed by atoms with Gasteiger partial charge in [0.05, 0.1) is 17.9 Å². The number of hydrogen-bond acceptors (Lipinski definition) is 5. The first-order chi connectivity index (χ1) is 10.6. The van der Waals surface area contributed by atoms with Gasteiger partial charge in [-0.15, -0.1) is 5.10 Å². The monoisotopic (exact) mass is 307 g/mol. The Bertz CT molecular complexity index is 459. The summed E-state index contributed by atoms with van der Waals surface area (Å²) in [4.78, 5) is 5.10. The fourth-order valence-electron chi connectivity index (χ4n) is 3.82. The Morgan fingerprint density at radius 2 is 1.82 bits per heavy atom. The van der Waals surface area contributed by atoms with Crippen LogP contribution in [0, 0.1) is 5.92 Å². The topological polar surface area (TPSA) is 46.4 Å². The molecule has 2 saturated heterocycles. The average molecular weight is 307 g/mol. The quantitative estimate of drug-likeness (QED) is 0.835. The van der Waals surface area contributed by atoms with Gasteiger partial charge in [-0.2, -0.15) is 0 Å². The molecule has 22 heavy (non-hydrogen) atoms. The smallest absolute Gasteiger partial charge is 0.0966 e. The average Bonchev–Trinajstić information content (AvgIpc) is 2.85. The van der Waals surface area contributed by atoms with E-state index in [1.165, 1.54) is 32.5 Å². The van der Waals surface area contributed by atoms with E-state index >= 15 is 0 Å². The number of ether oxygens (including phenoxy) is 1. The van der Waals surface area contributed by atoms with E-state index in [0.717, 1.165) is 31.2 Å². The molecule has 0 bridgehead atoms. The minimum atomic E-state index is 0.375. The molecule has 6 heteroatoms. The van der Waals surface area contributed by atoms with Gasteiger partial charge in [0, 0.05) is 39.4 Å². The molecule has 6 nitrogen and oxygen atoms in total. The lowest BCUT2D eigenvalue weighted by molar-refractivity contribution is -0.0732. The van der Waals surface area contributed by atoms with Gasteiger partial charge in [0.1, 0.15) is 0 Å². The summed E-state index contributed by atoms with van der Waals surface area (Å²) < 4.78 is 7.61. The van der Waals surface area contributed by atoms with Crippen molar-refractivity contribution < 1.29 is 4.74 Å². The highest BCUT2D eigenvalue weighted by atomic mass is 16.5. The number of likely N-dealkylation sites (tertiary alicyclic amines) is 1. The minimum absolute atomic E-state index is 0.375. The molecule has 1 aromatic heterocycles. The first-order valence-electron chi connectivity index (χ1n) is 8.54. The van der Waals surface area contributed by atoms with Gasteiger partial charge < -0.3 is 4.74 Å². The molecular weight excluding hydrogens is 278 g/mol. The third kappa shape index (κ3) is 4.27. The van der Waals surface area contributed by atoms with E-state index in [0.29, 0.717) is 12.2 Å². The third-order valence-electron chi connectivity index (χ3n) is 4.75. The highest BCUT2D eigenvalue weighted by molar-refractivity contribution is 4.92. The Labute approximate surface area is 133 Å². The van der Waals surface area contributed by atoms with Crippen molar-refractivity contribution in [2.24, 2.45) is 13.0 Å². The van der Waals surface area contributed by atoms with E-state index < -0.39 is 0 Å². The molecule has 0 spiro atoms. The molecule has 3 rings (SSSR count). The third-order valence-corrected chi connectivity index (χ3v) is 4.75. The Morgan fingerprint density at radius 1 is 1.14 bits per heavy atom. The predicted molar refractivity (Wildman–Crippen MR) is 85.5 cm³/mol. The molecule has 3 heterocycles. The van der Waals surface area contributed by atoms with Crippen molar-refractivity contribution in [3.8, 4) is 0 Å². The van der Waals surface area contributed by atoms with Crippen molar-refractivity contribution in [1.82, 2.24) is 24.8 Å². The van der Waals surface area contributed by atoms with Gasteiger partial charge in [-0.1, -0.05) is 5.21 Å². The summed E-state index contributed by atoms with van der Waals surface area (Å²) in [5.41, 5.74) is 1.08. The van der Waals surface area contributed by atoms with E-state index in [-0.39, 0.29) is 0 Å². The zero-order valence-electron chi connectivity index (χ0n) is 14.1. The lowest BCUT2D eigenvalue weighted by atomic mass is 9.95. The second kappa shape index (κ2) is 7.06. The Hall–Kier alpha value is -0.980. The maximum atomic E-state index is 5.83. The van der Waals surface area contributed by atoms with Crippen LogP contribution in [0.5, 0.6) is 0 Å². The van der Waals surface area contributed by atoms with Crippen LogP contribution in [0.15, 0.2) is 6.20 Å². The molecule has 0 aliphatic carbocycles. The second-order valence-corrected chi connectivity index (χ2v) is 7.08. The minimum Gasteiger partial charge on any atom is -0.373 e. The zero-order chi connectivity index (χ0) is 15.5. The summed E-state index contributed by atoms with van der Waals surface area (Å²) >= 11 is 0. The van der Waals surface area contributed by atoms with Crippen LogP contribution in [0.2, 0.25) is 0 Å². The van der Waals surface area contributed by atoms with Crippen LogP contribution in [0.25, 0.3) is 0 Å². The Kier molecular flexibility index (Phi) is 5.10. The van der Waals surface area contributed by atoms with E-state index in [1.54, 1.807) is 4.68 Å². The van der Waals surface area contributed by atoms with Crippen molar-refractivity contribution in [2.75, 3.05) is 32.7 Å². The lowest BCUT2D eigenvalue weighted by Crippen LogP contribution is -2.48. The van der Waals surface area contributed by atoms with Crippen LogP contribution < -0.4 is 0 Å². The predicted octanol–water partition coefficient (Wildman–Crippen LogP) is 1.14. The lowest BCUT2D eigenvalue weighted by Gasteiger charge is -2.39. The highest BCUT2D eigenvalue weighted by Crippen LogP contribution is 2.21. The number of aromatic nitrogens is 3. The van der Waals surface area contributed by atoms with Crippen LogP contribution in [0.1, 0.15) is 32.4 Å². The van der Waals surface area contributed by atoms with E-state index in [2.05, 4.69) is 34.0 Å². The molecule has 2 aliphatic rings. The first kappa shape index (κ1) is 15.9. The molecule has 2 atom stereocenters. The maximum Gasteiger partial charge on any atom is 0.0966 e. The van der Waals surface area contributed by atoms with E-state index in [1.807, 2.05) is 13.2 Å². The van der Waals surface area contributed by atoms with Gasteiger partial charge in [-0.3, -0.25) is 14.5 Å². The largest absolute Gasteiger partial charge is 0.373 e. The molecule has 1 aromatic rings. The number of morpholine rings is 1. The summed E-state index contributed by atoms with van der Waals surface area (Å²) in [6, 6.07) is 0. The number of nitrogens with zero attached hydrogens (tertiary/aromatic N) is 5. The molecule has 0 radical (unpaired) electrons. The Morgan fingerprint density at radius 3 is 2.41 bits per heavy atom. The maximum absolute atomic E-state index is 5.83. The SMILES string of the molecule is C[C@@H]1CN(CC2CCN(Cc3cn(C)nn3)CC2)C[C@H](C)O1. The van der Waals surface area contributed by atoms with Crippen molar-refractivity contribution in [2.45, 2.75) is 45.4 Å². The number of hydrogen-bond donors (Lipinski definition) is 0. The van der Waals surface area contributed by atoms with Gasteiger partial charge in [-0.25, -0.2) is 0 Å². The first-order valence-corrected chi connectivity index (χ1v) is 8.54. The normalized spacial score (nSPS) is 29.0. The van der Waals surface area contributed by atoms with Gasteiger partial charge in [-0.05, 0) is 45.7 Å². The van der Waals surface area contributed by atoms with Crippen molar-refractivity contribution in [3.63, 3.8) is 0 Å². The van der Waals surface area contributed by atoms with Crippen molar-refractivity contribution in [3.05, 3.63) is 11.9 Å². The van der Waals surface area contributed by atoms with Gasteiger partial charge in [0.15, 0.2) is 0 Å². The molecule has 0 amide bonds. The Balaban J connectivity index is 1.41. The summed E-state index contributed by atoms with van der Waals surface area (Å²) in [6.07, 6.45) is 5.35. The van der Waals surface area contributed by atoms with Crippen molar-refractivity contribution >= 4 is 0 Å². The van der Waals surface area contributed by atoms with Crippen LogP contribution in [-0.4, -0.2) is 69.7 Å².